The number of hydrogen-bond donors (Lipinski definition) is 1. The molecule has 0 bridgehead atoms. The van der Waals surface area contributed by atoms with Crippen LogP contribution in [0.4, 0.5) is 11.4 Å². The van der Waals surface area contributed by atoms with Crippen molar-refractivity contribution in [2.45, 2.75) is 10.5 Å². The second-order valence-corrected chi connectivity index (χ2v) is 10.7. The van der Waals surface area contributed by atoms with Gasteiger partial charge in [0.2, 0.25) is 0 Å². The molecule has 0 radical (unpaired) electrons. The lowest BCUT2D eigenvalue weighted by Gasteiger charge is -2.35. The van der Waals surface area contributed by atoms with Gasteiger partial charge in [-0.2, -0.15) is 4.99 Å². The molecule has 6 heteroatoms. The molecular formula is C29H23N3OS2. The first-order valence-electron chi connectivity index (χ1n) is 11.3. The average Bonchev–Trinajstić information content (AvgIpc) is 2.91. The van der Waals surface area contributed by atoms with Crippen molar-refractivity contribution < 1.29 is 4.79 Å². The zero-order valence-corrected chi connectivity index (χ0v) is 20.5. The molecule has 0 saturated carbocycles. The van der Waals surface area contributed by atoms with Crippen LogP contribution >= 0.6 is 23.5 Å². The van der Waals surface area contributed by atoms with E-state index in [0.717, 1.165) is 16.9 Å². The molecule has 172 valence electrons. The SMILES string of the molecule is O=C(CC1(c2ccccc2)SC(=Nc2ccccc2)N=C(Nc2ccccc2)S1)c1ccccc1. The van der Waals surface area contributed by atoms with Crippen LogP contribution in [0.15, 0.2) is 131 Å². The number of carbonyl (C=O) groups excluding carboxylic acids is 1. The smallest absolute Gasteiger partial charge is 0.192 e. The van der Waals surface area contributed by atoms with Crippen LogP contribution in [0, 0.1) is 0 Å². The molecule has 0 fully saturated rings. The summed E-state index contributed by atoms with van der Waals surface area (Å²) in [6.07, 6.45) is 0.291. The number of aliphatic imine (C=N–C) groups is 2. The average molecular weight is 494 g/mol. The van der Waals surface area contributed by atoms with Gasteiger partial charge in [-0.15, -0.1) is 0 Å². The fourth-order valence-corrected chi connectivity index (χ4v) is 6.53. The number of ketones is 1. The number of para-hydroxylation sites is 2. The third kappa shape index (κ3) is 5.73. The Hall–Kier alpha value is -3.61. The highest BCUT2D eigenvalue weighted by Gasteiger charge is 2.42. The van der Waals surface area contributed by atoms with E-state index < -0.39 is 4.08 Å². The number of amidine groups is 2. The standard InChI is InChI=1S/C29H23N3OS2/c33-26(22-13-5-1-6-14-22)21-29(23-15-7-2-8-16-23)34-27(30-24-17-9-3-10-18-24)32-28(35-29)31-25-19-11-4-12-20-25/h1-20H,21H2,(H,30,31,32). The van der Waals surface area contributed by atoms with Gasteiger partial charge >= 0.3 is 0 Å². The van der Waals surface area contributed by atoms with Crippen molar-refractivity contribution in [3.63, 3.8) is 0 Å². The van der Waals surface area contributed by atoms with E-state index in [4.69, 9.17) is 9.98 Å². The van der Waals surface area contributed by atoms with Crippen molar-refractivity contribution >= 4 is 51.0 Å². The molecule has 0 aromatic heterocycles. The molecule has 35 heavy (non-hydrogen) atoms. The number of Topliss-reactive ketones (excluding diaryl/α,β-unsaturated/α-hetero) is 1. The number of nitrogens with one attached hydrogen (secondary N) is 1. The van der Waals surface area contributed by atoms with Crippen molar-refractivity contribution in [2.75, 3.05) is 5.32 Å². The van der Waals surface area contributed by atoms with Crippen LogP contribution in [0.3, 0.4) is 0 Å². The van der Waals surface area contributed by atoms with Crippen LogP contribution in [0.2, 0.25) is 0 Å². The van der Waals surface area contributed by atoms with Gasteiger partial charge in [0.25, 0.3) is 0 Å². The quantitative estimate of drug-likeness (QED) is 0.279. The number of hydrogen-bond acceptors (Lipinski definition) is 5. The Balaban J connectivity index is 1.58. The molecule has 4 nitrogen and oxygen atoms in total. The number of thioether (sulfide) groups is 2. The lowest BCUT2D eigenvalue weighted by molar-refractivity contribution is 0.0979. The molecule has 1 aliphatic heterocycles. The first-order chi connectivity index (χ1) is 17.2. The van der Waals surface area contributed by atoms with E-state index in [1.807, 2.05) is 109 Å². The fraction of sp³-hybridized carbons (Fsp3) is 0.0690. The number of benzene rings is 4. The van der Waals surface area contributed by atoms with Crippen molar-refractivity contribution in [2.24, 2.45) is 9.98 Å². The Morgan fingerprint density at radius 2 is 1.31 bits per heavy atom. The lowest BCUT2D eigenvalue weighted by Crippen LogP contribution is -2.31. The van der Waals surface area contributed by atoms with Crippen LogP contribution in [0.5, 0.6) is 0 Å². The molecule has 4 aromatic carbocycles. The Labute approximate surface area is 213 Å². The van der Waals surface area contributed by atoms with E-state index in [2.05, 4.69) is 17.4 Å². The molecule has 1 atom stereocenters. The maximum Gasteiger partial charge on any atom is 0.192 e. The topological polar surface area (TPSA) is 53.8 Å². The largest absolute Gasteiger partial charge is 0.335 e. The highest BCUT2D eigenvalue weighted by atomic mass is 32.2. The zero-order valence-electron chi connectivity index (χ0n) is 18.9. The first kappa shape index (κ1) is 23.1. The highest BCUT2D eigenvalue weighted by Crippen LogP contribution is 2.54. The van der Waals surface area contributed by atoms with Gasteiger partial charge < -0.3 is 5.32 Å². The van der Waals surface area contributed by atoms with E-state index in [1.165, 1.54) is 11.8 Å². The fourth-order valence-electron chi connectivity index (χ4n) is 3.74. The normalized spacial score (nSPS) is 18.6. The van der Waals surface area contributed by atoms with Crippen molar-refractivity contribution in [1.82, 2.24) is 0 Å². The first-order valence-corrected chi connectivity index (χ1v) is 12.9. The van der Waals surface area contributed by atoms with Crippen molar-refractivity contribution in [1.29, 1.82) is 0 Å². The van der Waals surface area contributed by atoms with Gasteiger partial charge in [0, 0.05) is 17.7 Å². The molecule has 4 aromatic rings. The third-order valence-electron chi connectivity index (χ3n) is 5.42. The predicted molar refractivity (Wildman–Crippen MR) is 150 cm³/mol. The maximum atomic E-state index is 13.5. The molecule has 1 heterocycles. The van der Waals surface area contributed by atoms with Crippen LogP contribution < -0.4 is 5.32 Å². The summed E-state index contributed by atoms with van der Waals surface area (Å²) in [6, 6.07) is 39.3. The maximum absolute atomic E-state index is 13.5. The summed E-state index contributed by atoms with van der Waals surface area (Å²) >= 11 is 3.09. The predicted octanol–water partition coefficient (Wildman–Crippen LogP) is 7.75. The van der Waals surface area contributed by atoms with Crippen molar-refractivity contribution in [3.05, 3.63) is 132 Å². The molecule has 0 saturated heterocycles. The van der Waals surface area contributed by atoms with E-state index in [1.54, 1.807) is 11.8 Å². The second-order valence-electron chi connectivity index (χ2n) is 7.93. The van der Waals surface area contributed by atoms with Crippen LogP contribution in [-0.2, 0) is 4.08 Å². The summed E-state index contributed by atoms with van der Waals surface area (Å²) in [5, 5.41) is 4.75. The summed E-state index contributed by atoms with van der Waals surface area (Å²) in [7, 11) is 0. The minimum absolute atomic E-state index is 0.0782. The molecule has 5 rings (SSSR count). The van der Waals surface area contributed by atoms with E-state index in [-0.39, 0.29) is 5.78 Å². The van der Waals surface area contributed by atoms with Crippen LogP contribution in [0.25, 0.3) is 0 Å². The second kappa shape index (κ2) is 10.8. The third-order valence-corrected chi connectivity index (χ3v) is 8.09. The monoisotopic (exact) mass is 493 g/mol. The van der Waals surface area contributed by atoms with Gasteiger partial charge in [-0.1, -0.05) is 121 Å². The highest BCUT2D eigenvalue weighted by molar-refractivity contribution is 8.31. The van der Waals surface area contributed by atoms with Gasteiger partial charge in [0.1, 0.15) is 4.08 Å². The minimum atomic E-state index is -0.638. The van der Waals surface area contributed by atoms with Gasteiger partial charge in [0.15, 0.2) is 16.1 Å². The number of nitrogens with zero attached hydrogens (tertiary/aromatic N) is 2. The summed E-state index contributed by atoms with van der Waals surface area (Å²) in [5.41, 5.74) is 3.50. The Bertz CT molecular complexity index is 1340. The molecule has 0 spiro atoms. The Kier molecular flexibility index (Phi) is 7.12. The number of carbonyl (C=O) groups is 1. The summed E-state index contributed by atoms with van der Waals surface area (Å²) in [6.45, 7) is 0. The summed E-state index contributed by atoms with van der Waals surface area (Å²) in [4.78, 5) is 23.2. The van der Waals surface area contributed by atoms with Gasteiger partial charge in [-0.05, 0) is 29.8 Å². The minimum Gasteiger partial charge on any atom is -0.335 e. The molecule has 0 amide bonds. The van der Waals surface area contributed by atoms with E-state index in [9.17, 15) is 4.79 Å². The number of rotatable bonds is 6. The molecule has 0 aliphatic carbocycles. The van der Waals surface area contributed by atoms with Gasteiger partial charge in [0.05, 0.1) is 5.69 Å². The zero-order chi connectivity index (χ0) is 23.9. The molecule has 1 aliphatic rings. The van der Waals surface area contributed by atoms with E-state index >= 15 is 0 Å². The van der Waals surface area contributed by atoms with Crippen molar-refractivity contribution in [3.8, 4) is 0 Å². The summed E-state index contributed by atoms with van der Waals surface area (Å²) < 4.78 is -0.638. The van der Waals surface area contributed by atoms with Gasteiger partial charge in [-0.3, -0.25) is 4.79 Å². The van der Waals surface area contributed by atoms with Gasteiger partial charge in [-0.25, -0.2) is 4.99 Å². The van der Waals surface area contributed by atoms with Crippen LogP contribution in [0.1, 0.15) is 22.3 Å². The Morgan fingerprint density at radius 3 is 1.97 bits per heavy atom. The number of anilines is 1. The summed E-state index contributed by atoms with van der Waals surface area (Å²) in [5.74, 6) is 0.0782. The van der Waals surface area contributed by atoms with E-state index in [0.29, 0.717) is 22.3 Å². The lowest BCUT2D eigenvalue weighted by atomic mass is 10.0. The van der Waals surface area contributed by atoms with Crippen LogP contribution in [-0.4, -0.2) is 16.1 Å². The molecule has 1 N–H and O–H groups in total. The molecular weight excluding hydrogens is 470 g/mol. The Morgan fingerprint density at radius 1 is 0.743 bits per heavy atom. The molecule has 1 unspecified atom stereocenters.